The standard InChI is InChI=1S/C22H28N4O2/c1-21(2,3)18-6-4-17(5-7-18)11-25-13-22(16-28-12-20(25)27)14-26(15-22)19-10-23-8-9-24-19/h4-10H,11-16H2,1-3H3. The van der Waals surface area contributed by atoms with Crippen LogP contribution in [0.1, 0.15) is 31.9 Å². The molecule has 1 amide bonds. The molecule has 2 fully saturated rings. The van der Waals surface area contributed by atoms with Gasteiger partial charge in [-0.1, -0.05) is 45.0 Å². The molecule has 1 aromatic heterocycles. The summed E-state index contributed by atoms with van der Waals surface area (Å²) in [5, 5.41) is 0. The second-order valence-corrected chi connectivity index (χ2v) is 9.11. The third-order valence-electron chi connectivity index (χ3n) is 5.63. The van der Waals surface area contributed by atoms with Crippen molar-refractivity contribution in [1.29, 1.82) is 0 Å². The highest BCUT2D eigenvalue weighted by Crippen LogP contribution is 2.36. The number of aromatic nitrogens is 2. The smallest absolute Gasteiger partial charge is 0.248 e. The van der Waals surface area contributed by atoms with Crippen LogP contribution >= 0.6 is 0 Å². The van der Waals surface area contributed by atoms with Gasteiger partial charge in [-0.25, -0.2) is 4.98 Å². The molecule has 0 aliphatic carbocycles. The van der Waals surface area contributed by atoms with E-state index in [0.29, 0.717) is 19.7 Å². The number of amides is 1. The van der Waals surface area contributed by atoms with Crippen LogP contribution in [0.5, 0.6) is 0 Å². The van der Waals surface area contributed by atoms with Gasteiger partial charge in [-0.15, -0.1) is 0 Å². The molecule has 6 heteroatoms. The molecule has 1 aromatic carbocycles. The summed E-state index contributed by atoms with van der Waals surface area (Å²) < 4.78 is 5.73. The monoisotopic (exact) mass is 380 g/mol. The Kier molecular flexibility index (Phi) is 4.83. The molecule has 4 rings (SSSR count). The summed E-state index contributed by atoms with van der Waals surface area (Å²) in [4.78, 5) is 25.3. The maximum Gasteiger partial charge on any atom is 0.248 e. The quantitative estimate of drug-likeness (QED) is 0.819. The molecule has 0 unspecified atom stereocenters. The Labute approximate surface area is 166 Å². The molecule has 2 saturated heterocycles. The Balaban J connectivity index is 1.44. The highest BCUT2D eigenvalue weighted by molar-refractivity contribution is 5.78. The summed E-state index contributed by atoms with van der Waals surface area (Å²) in [5.41, 5.74) is 2.56. The van der Waals surface area contributed by atoms with E-state index in [1.165, 1.54) is 5.56 Å². The van der Waals surface area contributed by atoms with Crippen molar-refractivity contribution in [2.75, 3.05) is 37.7 Å². The predicted molar refractivity (Wildman–Crippen MR) is 108 cm³/mol. The van der Waals surface area contributed by atoms with Gasteiger partial charge < -0.3 is 14.5 Å². The summed E-state index contributed by atoms with van der Waals surface area (Å²) in [5.74, 6) is 0.947. The Morgan fingerprint density at radius 2 is 1.86 bits per heavy atom. The largest absolute Gasteiger partial charge is 0.371 e. The van der Waals surface area contributed by atoms with E-state index in [4.69, 9.17) is 4.74 Å². The molecule has 28 heavy (non-hydrogen) atoms. The maximum absolute atomic E-state index is 12.6. The molecule has 0 N–H and O–H groups in total. The molecule has 0 bridgehead atoms. The van der Waals surface area contributed by atoms with Gasteiger partial charge >= 0.3 is 0 Å². The van der Waals surface area contributed by atoms with Crippen molar-refractivity contribution in [3.8, 4) is 0 Å². The number of rotatable bonds is 3. The van der Waals surface area contributed by atoms with E-state index in [0.717, 1.165) is 24.5 Å². The number of hydrogen-bond donors (Lipinski definition) is 0. The van der Waals surface area contributed by atoms with Crippen molar-refractivity contribution >= 4 is 11.7 Å². The lowest BCUT2D eigenvalue weighted by atomic mass is 9.80. The van der Waals surface area contributed by atoms with Crippen LogP contribution in [0.15, 0.2) is 42.9 Å². The highest BCUT2D eigenvalue weighted by atomic mass is 16.5. The first-order valence-electron chi connectivity index (χ1n) is 9.81. The second kappa shape index (κ2) is 7.17. The van der Waals surface area contributed by atoms with Crippen molar-refractivity contribution in [3.63, 3.8) is 0 Å². The van der Waals surface area contributed by atoms with E-state index in [9.17, 15) is 4.79 Å². The molecule has 0 atom stereocenters. The predicted octanol–water partition coefficient (Wildman–Crippen LogP) is 2.64. The molecule has 2 aliphatic rings. The summed E-state index contributed by atoms with van der Waals surface area (Å²) in [6.07, 6.45) is 5.17. The van der Waals surface area contributed by atoms with Crippen LogP contribution in [-0.4, -0.2) is 53.6 Å². The van der Waals surface area contributed by atoms with Crippen LogP contribution in [0.3, 0.4) is 0 Å². The lowest BCUT2D eigenvalue weighted by Crippen LogP contribution is -2.62. The van der Waals surface area contributed by atoms with Crippen molar-refractivity contribution < 1.29 is 9.53 Å². The Morgan fingerprint density at radius 1 is 1.11 bits per heavy atom. The Morgan fingerprint density at radius 3 is 2.50 bits per heavy atom. The Bertz CT molecular complexity index is 824. The highest BCUT2D eigenvalue weighted by Gasteiger charge is 2.47. The van der Waals surface area contributed by atoms with Gasteiger partial charge in [0.2, 0.25) is 5.91 Å². The minimum absolute atomic E-state index is 0.0327. The third-order valence-corrected chi connectivity index (χ3v) is 5.63. The van der Waals surface area contributed by atoms with Crippen LogP contribution in [-0.2, 0) is 21.5 Å². The summed E-state index contributed by atoms with van der Waals surface area (Å²) in [6.45, 7) is 10.4. The molecule has 6 nitrogen and oxygen atoms in total. The number of nitrogens with zero attached hydrogens (tertiary/aromatic N) is 4. The number of ether oxygens (including phenoxy) is 1. The molecule has 2 aliphatic heterocycles. The van der Waals surface area contributed by atoms with E-state index in [2.05, 4.69) is 59.9 Å². The van der Waals surface area contributed by atoms with Crippen LogP contribution in [0, 0.1) is 5.41 Å². The SMILES string of the molecule is CC(C)(C)c1ccc(CN2CC3(COCC2=O)CN(c2cnccn2)C3)cc1. The summed E-state index contributed by atoms with van der Waals surface area (Å²) in [6, 6.07) is 8.62. The van der Waals surface area contributed by atoms with Gasteiger partial charge in [0.05, 0.1) is 12.8 Å². The van der Waals surface area contributed by atoms with Crippen molar-refractivity contribution in [3.05, 3.63) is 54.0 Å². The number of anilines is 1. The zero-order valence-corrected chi connectivity index (χ0v) is 16.9. The first kappa shape index (κ1) is 18.9. The minimum Gasteiger partial charge on any atom is -0.371 e. The van der Waals surface area contributed by atoms with Crippen LogP contribution < -0.4 is 4.90 Å². The molecule has 3 heterocycles. The van der Waals surface area contributed by atoms with E-state index in [-0.39, 0.29) is 23.3 Å². The third kappa shape index (κ3) is 3.87. The Hall–Kier alpha value is -2.47. The number of benzene rings is 1. The topological polar surface area (TPSA) is 58.6 Å². The van der Waals surface area contributed by atoms with Gasteiger partial charge in [-0.2, -0.15) is 0 Å². The van der Waals surface area contributed by atoms with Gasteiger partial charge in [0, 0.05) is 44.0 Å². The van der Waals surface area contributed by atoms with Crippen molar-refractivity contribution in [2.24, 2.45) is 5.41 Å². The fraction of sp³-hybridized carbons (Fsp3) is 0.500. The molecule has 1 spiro atoms. The molecule has 2 aromatic rings. The maximum atomic E-state index is 12.6. The molecule has 0 radical (unpaired) electrons. The fourth-order valence-corrected chi connectivity index (χ4v) is 4.03. The van der Waals surface area contributed by atoms with Gasteiger partial charge in [0.25, 0.3) is 0 Å². The summed E-state index contributed by atoms with van der Waals surface area (Å²) >= 11 is 0. The minimum atomic E-state index is -0.0327. The molecule has 0 saturated carbocycles. The molecular weight excluding hydrogens is 352 g/mol. The number of hydrogen-bond acceptors (Lipinski definition) is 5. The average molecular weight is 380 g/mol. The van der Waals surface area contributed by atoms with Gasteiger partial charge in [-0.3, -0.25) is 9.78 Å². The van der Waals surface area contributed by atoms with Crippen molar-refractivity contribution in [1.82, 2.24) is 14.9 Å². The first-order chi connectivity index (χ1) is 13.3. The van der Waals surface area contributed by atoms with Crippen LogP contribution in [0.4, 0.5) is 5.82 Å². The second-order valence-electron chi connectivity index (χ2n) is 9.11. The van der Waals surface area contributed by atoms with E-state index >= 15 is 0 Å². The molecular formula is C22H28N4O2. The fourth-order valence-electron chi connectivity index (χ4n) is 4.03. The van der Waals surface area contributed by atoms with Crippen LogP contribution in [0.2, 0.25) is 0 Å². The van der Waals surface area contributed by atoms with E-state index in [1.54, 1.807) is 18.6 Å². The lowest BCUT2D eigenvalue weighted by Gasteiger charge is -2.51. The number of carbonyl (C=O) groups is 1. The normalized spacial score (nSPS) is 19.5. The van der Waals surface area contributed by atoms with Gasteiger partial charge in [0.1, 0.15) is 12.4 Å². The zero-order chi connectivity index (χ0) is 19.8. The van der Waals surface area contributed by atoms with Crippen LogP contribution in [0.25, 0.3) is 0 Å². The van der Waals surface area contributed by atoms with Gasteiger partial charge in [-0.05, 0) is 16.5 Å². The number of carbonyl (C=O) groups excluding carboxylic acids is 1. The lowest BCUT2D eigenvalue weighted by molar-refractivity contribution is -0.134. The molecule has 148 valence electrons. The average Bonchev–Trinajstić information content (AvgIpc) is 2.80. The van der Waals surface area contributed by atoms with E-state index < -0.39 is 0 Å². The summed E-state index contributed by atoms with van der Waals surface area (Å²) in [7, 11) is 0. The van der Waals surface area contributed by atoms with Crippen molar-refractivity contribution in [2.45, 2.75) is 32.7 Å². The van der Waals surface area contributed by atoms with Gasteiger partial charge in [0.15, 0.2) is 0 Å². The zero-order valence-electron chi connectivity index (χ0n) is 16.9. The first-order valence-corrected chi connectivity index (χ1v) is 9.81. The van der Waals surface area contributed by atoms with E-state index in [1.807, 2.05) is 4.90 Å².